The summed E-state index contributed by atoms with van der Waals surface area (Å²) < 4.78 is 35.3. The monoisotopic (exact) mass is 395 g/mol. The summed E-state index contributed by atoms with van der Waals surface area (Å²) in [4.78, 5) is 8.19. The Morgan fingerprint density at radius 2 is 1.93 bits per heavy atom. The number of anilines is 1. The average Bonchev–Trinajstić information content (AvgIpc) is 3.04. The van der Waals surface area contributed by atoms with Crippen LogP contribution in [0.15, 0.2) is 18.5 Å². The van der Waals surface area contributed by atoms with Crippen molar-refractivity contribution in [3.8, 4) is 16.9 Å². The van der Waals surface area contributed by atoms with Crippen molar-refractivity contribution in [3.05, 3.63) is 35.2 Å². The lowest BCUT2D eigenvalue weighted by Crippen LogP contribution is -2.32. The minimum absolute atomic E-state index is 0.0115. The van der Waals surface area contributed by atoms with Crippen molar-refractivity contribution in [2.75, 3.05) is 12.4 Å². The number of nitrogens with zero attached hydrogens (tertiary/aromatic N) is 4. The highest BCUT2D eigenvalue weighted by Gasteiger charge is 2.26. The Kier molecular flexibility index (Phi) is 4.94. The molecule has 0 radical (unpaired) electrons. The zero-order valence-corrected chi connectivity index (χ0v) is 16.4. The Balaban J connectivity index is 2.28. The Morgan fingerprint density at radius 3 is 2.56 bits per heavy atom. The molecule has 9 heteroatoms. The van der Waals surface area contributed by atoms with E-state index in [4.69, 9.17) is 16.3 Å². The van der Waals surface area contributed by atoms with Crippen molar-refractivity contribution < 1.29 is 13.5 Å². The summed E-state index contributed by atoms with van der Waals surface area (Å²) in [5.41, 5.74) is 0.0283. The van der Waals surface area contributed by atoms with Gasteiger partial charge in [-0.25, -0.2) is 8.78 Å². The van der Waals surface area contributed by atoms with Crippen LogP contribution in [0.1, 0.15) is 27.7 Å². The fourth-order valence-electron chi connectivity index (χ4n) is 2.49. The van der Waals surface area contributed by atoms with E-state index in [1.54, 1.807) is 0 Å². The summed E-state index contributed by atoms with van der Waals surface area (Å²) in [5.74, 6) is -0.962. The molecule has 0 aliphatic heterocycles. The minimum Gasteiger partial charge on any atom is -0.494 e. The number of nitrogens with one attached hydrogen (secondary N) is 1. The van der Waals surface area contributed by atoms with Gasteiger partial charge in [-0.05, 0) is 18.4 Å². The Bertz CT molecular complexity index is 1000. The van der Waals surface area contributed by atoms with Gasteiger partial charge < -0.3 is 10.1 Å². The van der Waals surface area contributed by atoms with Gasteiger partial charge in [0.05, 0.1) is 12.7 Å². The lowest BCUT2D eigenvalue weighted by Gasteiger charge is -2.30. The van der Waals surface area contributed by atoms with Gasteiger partial charge in [-0.1, -0.05) is 32.4 Å². The first-order valence-electron chi connectivity index (χ1n) is 8.32. The molecule has 0 saturated heterocycles. The van der Waals surface area contributed by atoms with Crippen LogP contribution in [-0.4, -0.2) is 32.7 Å². The lowest BCUT2D eigenvalue weighted by molar-refractivity contribution is 0.358. The van der Waals surface area contributed by atoms with Crippen molar-refractivity contribution in [1.29, 1.82) is 0 Å². The number of aromatic nitrogens is 4. The number of hydrogen-bond acceptors (Lipinski definition) is 5. The summed E-state index contributed by atoms with van der Waals surface area (Å²) in [6.07, 6.45) is 1.32. The Hall–Kier alpha value is -2.48. The van der Waals surface area contributed by atoms with Crippen LogP contribution >= 0.6 is 11.6 Å². The fraction of sp³-hybridized carbons (Fsp3) is 0.389. The molecule has 6 nitrogen and oxygen atoms in total. The number of hydrogen-bond donors (Lipinski definition) is 1. The molecule has 0 fully saturated rings. The highest BCUT2D eigenvalue weighted by atomic mass is 35.5. The van der Waals surface area contributed by atoms with Gasteiger partial charge in [0.1, 0.15) is 23.1 Å². The third kappa shape index (κ3) is 3.53. The van der Waals surface area contributed by atoms with E-state index in [1.807, 2.05) is 6.92 Å². The molecule has 0 saturated carbocycles. The van der Waals surface area contributed by atoms with Crippen molar-refractivity contribution in [1.82, 2.24) is 19.6 Å². The van der Waals surface area contributed by atoms with E-state index in [2.05, 4.69) is 41.2 Å². The molecule has 3 rings (SSSR count). The predicted octanol–water partition coefficient (Wildman–Crippen LogP) is 4.58. The second-order valence-electron chi connectivity index (χ2n) is 7.30. The molecule has 27 heavy (non-hydrogen) atoms. The summed E-state index contributed by atoms with van der Waals surface area (Å²) in [6.45, 7) is 8.14. The molecular formula is C18H20ClF2N5O. The van der Waals surface area contributed by atoms with Crippen molar-refractivity contribution in [3.63, 3.8) is 0 Å². The third-order valence-corrected chi connectivity index (χ3v) is 4.82. The molecule has 1 unspecified atom stereocenters. The fourth-order valence-corrected chi connectivity index (χ4v) is 2.75. The molecular weight excluding hydrogens is 376 g/mol. The lowest BCUT2D eigenvalue weighted by atomic mass is 9.88. The number of fused-ring (bicyclic) bond motifs is 1. The maximum absolute atomic E-state index is 14.8. The molecule has 0 aliphatic rings. The number of rotatable bonds is 4. The van der Waals surface area contributed by atoms with Gasteiger partial charge in [0.15, 0.2) is 11.6 Å². The van der Waals surface area contributed by atoms with E-state index in [1.165, 1.54) is 18.0 Å². The topological polar surface area (TPSA) is 64.3 Å². The van der Waals surface area contributed by atoms with Crippen molar-refractivity contribution in [2.45, 2.75) is 33.7 Å². The van der Waals surface area contributed by atoms with Gasteiger partial charge in [-0.3, -0.25) is 0 Å². The molecule has 3 aromatic rings. The van der Waals surface area contributed by atoms with Gasteiger partial charge in [-0.2, -0.15) is 19.6 Å². The number of halogens is 3. The van der Waals surface area contributed by atoms with Gasteiger partial charge in [0.25, 0.3) is 5.78 Å². The summed E-state index contributed by atoms with van der Waals surface area (Å²) in [5, 5.41) is 7.45. The van der Waals surface area contributed by atoms with Crippen LogP contribution in [0.3, 0.4) is 0 Å². The zero-order chi connectivity index (χ0) is 19.9. The van der Waals surface area contributed by atoms with Crippen LogP contribution in [-0.2, 0) is 0 Å². The van der Waals surface area contributed by atoms with Gasteiger partial charge in [-0.15, -0.1) is 0 Å². The van der Waals surface area contributed by atoms with Crippen LogP contribution in [0.25, 0.3) is 16.9 Å². The van der Waals surface area contributed by atoms with E-state index in [0.717, 1.165) is 12.1 Å². The predicted molar refractivity (Wildman–Crippen MR) is 100 cm³/mol. The Morgan fingerprint density at radius 1 is 1.22 bits per heavy atom. The summed E-state index contributed by atoms with van der Waals surface area (Å²) >= 11 is 6.34. The van der Waals surface area contributed by atoms with Crippen molar-refractivity contribution >= 4 is 23.2 Å². The minimum atomic E-state index is -0.710. The highest BCUT2D eigenvalue weighted by molar-refractivity contribution is 6.33. The summed E-state index contributed by atoms with van der Waals surface area (Å²) in [7, 11) is 1.27. The molecule has 0 spiro atoms. The second-order valence-corrected chi connectivity index (χ2v) is 7.65. The first-order chi connectivity index (χ1) is 12.6. The number of methoxy groups -OCH3 is 1. The van der Waals surface area contributed by atoms with Gasteiger partial charge in [0, 0.05) is 17.7 Å². The molecule has 2 heterocycles. The van der Waals surface area contributed by atoms with E-state index in [0.29, 0.717) is 5.82 Å². The molecule has 1 atom stereocenters. The second kappa shape index (κ2) is 6.92. The Labute approximate surface area is 160 Å². The smallest absolute Gasteiger partial charge is 0.255 e. The first-order valence-corrected chi connectivity index (χ1v) is 8.70. The first kappa shape index (κ1) is 19.3. The SMILES string of the molecule is COc1cc(F)c(-c2c(Cl)nc3ncnn3c2NC(C)C(C)(C)C)cc1F. The number of ether oxygens (including phenoxy) is 1. The normalized spacial score (nSPS) is 13.0. The van der Waals surface area contributed by atoms with Crippen LogP contribution in [0.4, 0.5) is 14.6 Å². The molecule has 0 amide bonds. The highest BCUT2D eigenvalue weighted by Crippen LogP contribution is 2.39. The van der Waals surface area contributed by atoms with E-state index >= 15 is 0 Å². The molecule has 0 bridgehead atoms. The molecule has 144 valence electrons. The van der Waals surface area contributed by atoms with E-state index in [9.17, 15) is 8.78 Å². The molecule has 0 aliphatic carbocycles. The van der Waals surface area contributed by atoms with E-state index in [-0.39, 0.29) is 39.3 Å². The zero-order valence-electron chi connectivity index (χ0n) is 15.6. The maximum Gasteiger partial charge on any atom is 0.255 e. The van der Waals surface area contributed by atoms with Gasteiger partial charge in [0.2, 0.25) is 0 Å². The quantitative estimate of drug-likeness (QED) is 0.655. The van der Waals surface area contributed by atoms with Crippen LogP contribution < -0.4 is 10.1 Å². The molecule has 1 aromatic carbocycles. The third-order valence-electron chi connectivity index (χ3n) is 4.55. The largest absolute Gasteiger partial charge is 0.494 e. The molecule has 2 aromatic heterocycles. The summed E-state index contributed by atoms with van der Waals surface area (Å²) in [6, 6.07) is 1.96. The van der Waals surface area contributed by atoms with E-state index < -0.39 is 11.6 Å². The van der Waals surface area contributed by atoms with Gasteiger partial charge >= 0.3 is 0 Å². The maximum atomic E-state index is 14.8. The van der Waals surface area contributed by atoms with Crippen LogP contribution in [0.2, 0.25) is 5.15 Å². The molecule has 1 N–H and O–H groups in total. The van der Waals surface area contributed by atoms with Crippen molar-refractivity contribution in [2.24, 2.45) is 5.41 Å². The van der Waals surface area contributed by atoms with Crippen LogP contribution in [0, 0.1) is 17.0 Å². The average molecular weight is 396 g/mol. The standard InChI is InChI=1S/C18H20ClF2N5O/c1-9(18(2,3)4)24-16-14(15(19)25-17-22-8-23-26(16)17)10-6-12(21)13(27-5)7-11(10)20/h6-9,24H,1-5H3. The van der Waals surface area contributed by atoms with Crippen LogP contribution in [0.5, 0.6) is 5.75 Å². The number of benzene rings is 1.